The van der Waals surface area contributed by atoms with Gasteiger partial charge in [-0.3, -0.25) is 19.3 Å². The number of imide groups is 1. The van der Waals surface area contributed by atoms with Gasteiger partial charge in [0.05, 0.1) is 11.3 Å². The van der Waals surface area contributed by atoms with E-state index in [-0.39, 0.29) is 5.02 Å². The number of hydrogen-bond acceptors (Lipinski definition) is 5. The average Bonchev–Trinajstić information content (AvgIpc) is 2.75. The van der Waals surface area contributed by atoms with Gasteiger partial charge < -0.3 is 15.4 Å². The summed E-state index contributed by atoms with van der Waals surface area (Å²) in [6.45, 7) is 1.23. The minimum atomic E-state index is -4.76. The van der Waals surface area contributed by atoms with Gasteiger partial charge in [0.25, 0.3) is 11.8 Å². The fourth-order valence-corrected chi connectivity index (χ4v) is 2.50. The lowest BCUT2D eigenvalue weighted by Crippen LogP contribution is -2.41. The van der Waals surface area contributed by atoms with Crippen LogP contribution in [0.4, 0.5) is 23.7 Å². The number of nitrogens with zero attached hydrogens (tertiary/aromatic N) is 1. The van der Waals surface area contributed by atoms with E-state index >= 15 is 0 Å². The SMILES string of the molecule is CC1(C)NC(=O)N(CC(=O)OCC(=O)Nc2ccc(Cl)cc2C(F)(F)F)C1=O. The molecule has 0 atom stereocenters. The van der Waals surface area contributed by atoms with Crippen LogP contribution in [0.5, 0.6) is 0 Å². The van der Waals surface area contributed by atoms with Crippen LogP contribution in [0.25, 0.3) is 0 Å². The number of benzene rings is 1. The number of ether oxygens (including phenoxy) is 1. The van der Waals surface area contributed by atoms with E-state index < -0.39 is 59.9 Å². The smallest absolute Gasteiger partial charge is 0.418 e. The molecule has 28 heavy (non-hydrogen) atoms. The highest BCUT2D eigenvalue weighted by atomic mass is 35.5. The molecule has 0 unspecified atom stereocenters. The summed E-state index contributed by atoms with van der Waals surface area (Å²) < 4.78 is 43.6. The van der Waals surface area contributed by atoms with Gasteiger partial charge in [0, 0.05) is 5.02 Å². The van der Waals surface area contributed by atoms with E-state index in [1.54, 1.807) is 0 Å². The number of rotatable bonds is 5. The van der Waals surface area contributed by atoms with Crippen molar-refractivity contribution >= 4 is 41.1 Å². The number of alkyl halides is 3. The summed E-state index contributed by atoms with van der Waals surface area (Å²) >= 11 is 5.54. The second kappa shape index (κ2) is 7.66. The quantitative estimate of drug-likeness (QED) is 0.560. The Bertz CT molecular complexity index is 841. The molecule has 1 aromatic carbocycles. The van der Waals surface area contributed by atoms with Crippen LogP contribution in [0.3, 0.4) is 0 Å². The lowest BCUT2D eigenvalue weighted by Gasteiger charge is -2.16. The number of halogens is 4. The lowest BCUT2D eigenvalue weighted by atomic mass is 10.1. The first kappa shape index (κ1) is 21.5. The van der Waals surface area contributed by atoms with Crippen LogP contribution in [0.1, 0.15) is 19.4 Å². The molecule has 0 saturated carbocycles. The number of urea groups is 1. The van der Waals surface area contributed by atoms with Crippen molar-refractivity contribution in [3.05, 3.63) is 28.8 Å². The third-order valence-electron chi connectivity index (χ3n) is 3.66. The normalized spacial score (nSPS) is 16.0. The van der Waals surface area contributed by atoms with E-state index in [0.717, 1.165) is 12.1 Å². The van der Waals surface area contributed by atoms with Crippen molar-refractivity contribution in [2.24, 2.45) is 0 Å². The van der Waals surface area contributed by atoms with Crippen LogP contribution >= 0.6 is 11.6 Å². The molecule has 0 aromatic heterocycles. The third kappa shape index (κ3) is 4.91. The molecular formula is C16H15ClF3N3O5. The molecule has 152 valence electrons. The molecule has 0 spiro atoms. The van der Waals surface area contributed by atoms with Crippen LogP contribution < -0.4 is 10.6 Å². The zero-order valence-electron chi connectivity index (χ0n) is 14.6. The number of nitrogens with one attached hydrogen (secondary N) is 2. The van der Waals surface area contributed by atoms with Crippen molar-refractivity contribution in [3.63, 3.8) is 0 Å². The monoisotopic (exact) mass is 421 g/mol. The Morgan fingerprint density at radius 3 is 2.46 bits per heavy atom. The Kier molecular flexibility index (Phi) is 5.88. The van der Waals surface area contributed by atoms with Gasteiger partial charge in [-0.05, 0) is 32.0 Å². The highest BCUT2D eigenvalue weighted by molar-refractivity contribution is 6.30. The van der Waals surface area contributed by atoms with E-state index in [0.29, 0.717) is 11.0 Å². The topological polar surface area (TPSA) is 105 Å². The van der Waals surface area contributed by atoms with Crippen molar-refractivity contribution in [1.29, 1.82) is 0 Å². The van der Waals surface area contributed by atoms with E-state index in [1.807, 2.05) is 5.32 Å². The predicted octanol–water partition coefficient (Wildman–Crippen LogP) is 2.17. The van der Waals surface area contributed by atoms with Crippen LogP contribution in [0.15, 0.2) is 18.2 Å². The first-order valence-electron chi connectivity index (χ1n) is 7.77. The first-order valence-corrected chi connectivity index (χ1v) is 8.15. The fourth-order valence-electron chi connectivity index (χ4n) is 2.33. The highest BCUT2D eigenvalue weighted by Crippen LogP contribution is 2.36. The Labute approximate surface area is 161 Å². The zero-order chi connectivity index (χ0) is 21.3. The Morgan fingerprint density at radius 1 is 1.29 bits per heavy atom. The molecule has 1 heterocycles. The molecule has 4 amide bonds. The van der Waals surface area contributed by atoms with Gasteiger partial charge in [-0.25, -0.2) is 4.79 Å². The Morgan fingerprint density at radius 2 is 1.93 bits per heavy atom. The lowest BCUT2D eigenvalue weighted by molar-refractivity contribution is -0.150. The van der Waals surface area contributed by atoms with E-state index in [2.05, 4.69) is 10.1 Å². The number of carbonyl (C=O) groups is 4. The van der Waals surface area contributed by atoms with Gasteiger partial charge in [-0.15, -0.1) is 0 Å². The third-order valence-corrected chi connectivity index (χ3v) is 3.89. The standard InChI is InChI=1S/C16H15ClF3N3O5/c1-15(2)13(26)23(14(27)22-15)6-12(25)28-7-11(24)21-10-4-3-8(17)5-9(10)16(18,19)20/h3-5H,6-7H2,1-2H3,(H,21,24)(H,22,27). The minimum Gasteiger partial charge on any atom is -0.454 e. The minimum absolute atomic E-state index is 0.173. The predicted molar refractivity (Wildman–Crippen MR) is 90.4 cm³/mol. The molecule has 2 rings (SSSR count). The zero-order valence-corrected chi connectivity index (χ0v) is 15.4. The summed E-state index contributed by atoms with van der Waals surface area (Å²) in [4.78, 5) is 47.8. The van der Waals surface area contributed by atoms with Gasteiger partial charge >= 0.3 is 18.2 Å². The molecule has 8 nitrogen and oxygen atoms in total. The molecule has 1 aliphatic heterocycles. The van der Waals surface area contributed by atoms with Crippen molar-refractivity contribution in [1.82, 2.24) is 10.2 Å². The number of amides is 4. The van der Waals surface area contributed by atoms with Crippen molar-refractivity contribution in [3.8, 4) is 0 Å². The van der Waals surface area contributed by atoms with E-state index in [9.17, 15) is 32.3 Å². The molecule has 1 fully saturated rings. The maximum Gasteiger partial charge on any atom is 0.418 e. The summed E-state index contributed by atoms with van der Waals surface area (Å²) in [6, 6.07) is 1.95. The molecule has 12 heteroatoms. The molecule has 1 aromatic rings. The summed E-state index contributed by atoms with van der Waals surface area (Å²) in [7, 11) is 0. The van der Waals surface area contributed by atoms with Crippen LogP contribution in [0.2, 0.25) is 5.02 Å². The van der Waals surface area contributed by atoms with Crippen molar-refractivity contribution in [2.45, 2.75) is 25.6 Å². The van der Waals surface area contributed by atoms with Crippen LogP contribution in [-0.4, -0.2) is 47.4 Å². The molecular weight excluding hydrogens is 407 g/mol. The molecule has 0 aliphatic carbocycles. The highest BCUT2D eigenvalue weighted by Gasteiger charge is 2.45. The number of esters is 1. The number of hydrogen-bond donors (Lipinski definition) is 2. The van der Waals surface area contributed by atoms with Crippen molar-refractivity contribution in [2.75, 3.05) is 18.5 Å². The molecule has 0 bridgehead atoms. The second-order valence-corrected chi connectivity index (χ2v) is 6.78. The maximum absolute atomic E-state index is 13.0. The fraction of sp³-hybridized carbons (Fsp3) is 0.375. The van der Waals surface area contributed by atoms with E-state index in [4.69, 9.17) is 11.6 Å². The molecule has 1 saturated heterocycles. The van der Waals surface area contributed by atoms with Gasteiger partial charge in [-0.2, -0.15) is 13.2 Å². The molecule has 0 radical (unpaired) electrons. The second-order valence-electron chi connectivity index (χ2n) is 6.34. The number of anilines is 1. The molecule has 1 aliphatic rings. The Balaban J connectivity index is 1.94. The first-order chi connectivity index (χ1) is 12.8. The maximum atomic E-state index is 13.0. The van der Waals surface area contributed by atoms with Crippen LogP contribution in [0, 0.1) is 0 Å². The summed E-state index contributed by atoms with van der Waals surface area (Å²) in [6.07, 6.45) is -4.76. The molecule has 2 N–H and O–H groups in total. The Hall–Kier alpha value is -2.82. The largest absolute Gasteiger partial charge is 0.454 e. The van der Waals surface area contributed by atoms with Gasteiger partial charge in [-0.1, -0.05) is 11.6 Å². The van der Waals surface area contributed by atoms with Gasteiger partial charge in [0.1, 0.15) is 12.1 Å². The van der Waals surface area contributed by atoms with Crippen LogP contribution in [-0.2, 0) is 25.3 Å². The van der Waals surface area contributed by atoms with E-state index in [1.165, 1.54) is 13.8 Å². The summed E-state index contributed by atoms with van der Waals surface area (Å²) in [5.74, 6) is -2.78. The number of carbonyl (C=O) groups excluding carboxylic acids is 4. The van der Waals surface area contributed by atoms with Crippen molar-refractivity contribution < 1.29 is 37.1 Å². The summed E-state index contributed by atoms with van der Waals surface area (Å²) in [5.41, 5.74) is -2.91. The van der Waals surface area contributed by atoms with Gasteiger partial charge in [0.2, 0.25) is 0 Å². The summed E-state index contributed by atoms with van der Waals surface area (Å²) in [5, 5.41) is 4.15. The van der Waals surface area contributed by atoms with Gasteiger partial charge in [0.15, 0.2) is 6.61 Å². The average molecular weight is 422 g/mol.